The van der Waals surface area contributed by atoms with Crippen molar-refractivity contribution in [2.75, 3.05) is 6.61 Å². The molecule has 2 aromatic carbocycles. The molecule has 0 saturated heterocycles. The third kappa shape index (κ3) is 4.18. The molecule has 2 aromatic rings. The monoisotopic (exact) mass is 396 g/mol. The van der Waals surface area contributed by atoms with Gasteiger partial charge in [0.05, 0.1) is 15.6 Å². The second-order valence-corrected chi connectivity index (χ2v) is 6.08. The first kappa shape index (κ1) is 15.3. The summed E-state index contributed by atoms with van der Waals surface area (Å²) in [5.41, 5.74) is 1.92. The van der Waals surface area contributed by atoms with E-state index in [4.69, 9.17) is 4.74 Å². The Kier molecular flexibility index (Phi) is 5.80. The highest BCUT2D eigenvalue weighted by Gasteiger charge is 2.08. The second kappa shape index (κ2) is 7.60. The van der Waals surface area contributed by atoms with E-state index in [1.54, 1.807) is 12.1 Å². The Balaban J connectivity index is 1.90. The minimum atomic E-state index is 0.611. The zero-order valence-electron chi connectivity index (χ0n) is 10.8. The summed E-state index contributed by atoms with van der Waals surface area (Å²) in [5.74, 6) is 0.740. The summed E-state index contributed by atoms with van der Waals surface area (Å²) in [6, 6.07) is 13.8. The van der Waals surface area contributed by atoms with Gasteiger partial charge in [0.15, 0.2) is 0 Å². The molecule has 0 unspecified atom stereocenters. The molecule has 0 saturated carbocycles. The highest BCUT2D eigenvalue weighted by Crippen LogP contribution is 2.34. The van der Waals surface area contributed by atoms with Gasteiger partial charge in [-0.3, -0.25) is 4.79 Å². The number of hydrogen-bond donors (Lipinski definition) is 0. The number of ether oxygens (including phenoxy) is 1. The zero-order chi connectivity index (χ0) is 14.4. The Bertz CT molecular complexity index is 559. The highest BCUT2D eigenvalue weighted by molar-refractivity contribution is 9.11. The molecule has 0 amide bonds. The Morgan fingerprint density at radius 1 is 1.05 bits per heavy atom. The molecule has 0 spiro atoms. The molecule has 0 atom stereocenters. The van der Waals surface area contributed by atoms with Crippen molar-refractivity contribution in [3.8, 4) is 5.75 Å². The summed E-state index contributed by atoms with van der Waals surface area (Å²) in [4.78, 5) is 10.8. The van der Waals surface area contributed by atoms with Crippen LogP contribution in [0.5, 0.6) is 5.75 Å². The van der Waals surface area contributed by atoms with Crippen molar-refractivity contribution in [3.05, 3.63) is 62.5 Å². The van der Waals surface area contributed by atoms with Crippen LogP contribution in [0.3, 0.4) is 0 Å². The summed E-state index contributed by atoms with van der Waals surface area (Å²) in [7, 11) is 0. The van der Waals surface area contributed by atoms with Gasteiger partial charge in [-0.25, -0.2) is 0 Å². The molecule has 0 fully saturated rings. The predicted octanol–water partition coefficient (Wildman–Crippen LogP) is 5.04. The van der Waals surface area contributed by atoms with Crippen molar-refractivity contribution in [1.82, 2.24) is 0 Å². The largest absolute Gasteiger partial charge is 0.491 e. The van der Waals surface area contributed by atoms with Crippen LogP contribution in [0.4, 0.5) is 0 Å². The molecule has 0 aliphatic heterocycles. The van der Waals surface area contributed by atoms with E-state index in [-0.39, 0.29) is 0 Å². The van der Waals surface area contributed by atoms with Gasteiger partial charge in [-0.1, -0.05) is 30.3 Å². The molecule has 0 radical (unpaired) electrons. The van der Waals surface area contributed by atoms with Crippen LogP contribution in [0.2, 0.25) is 0 Å². The van der Waals surface area contributed by atoms with E-state index in [2.05, 4.69) is 44.0 Å². The van der Waals surface area contributed by atoms with E-state index in [0.717, 1.165) is 33.8 Å². The van der Waals surface area contributed by atoms with Gasteiger partial charge in [-0.05, 0) is 62.4 Å². The number of halogens is 2. The van der Waals surface area contributed by atoms with E-state index in [0.29, 0.717) is 12.2 Å². The number of rotatable bonds is 6. The fourth-order valence-corrected chi connectivity index (χ4v) is 3.33. The van der Waals surface area contributed by atoms with Gasteiger partial charge in [0.1, 0.15) is 12.0 Å². The molecule has 0 bridgehead atoms. The Labute approximate surface area is 135 Å². The van der Waals surface area contributed by atoms with Gasteiger partial charge >= 0.3 is 0 Å². The maximum absolute atomic E-state index is 10.8. The number of hydrogen-bond acceptors (Lipinski definition) is 2. The summed E-state index contributed by atoms with van der Waals surface area (Å²) in [5, 5.41) is 0. The van der Waals surface area contributed by atoms with E-state index < -0.39 is 0 Å². The summed E-state index contributed by atoms with van der Waals surface area (Å²) < 4.78 is 7.35. The van der Waals surface area contributed by atoms with Crippen molar-refractivity contribution in [3.63, 3.8) is 0 Å². The summed E-state index contributed by atoms with van der Waals surface area (Å²) in [6.07, 6.45) is 2.75. The zero-order valence-corrected chi connectivity index (χ0v) is 14.0. The quantitative estimate of drug-likeness (QED) is 0.504. The third-order valence-electron chi connectivity index (χ3n) is 2.86. The van der Waals surface area contributed by atoms with Gasteiger partial charge in [0, 0.05) is 5.56 Å². The minimum Gasteiger partial charge on any atom is -0.491 e. The van der Waals surface area contributed by atoms with Crippen LogP contribution in [-0.2, 0) is 6.42 Å². The number of carbonyl (C=O) groups excluding carboxylic acids is 1. The highest BCUT2D eigenvalue weighted by atomic mass is 79.9. The molecule has 0 aliphatic rings. The van der Waals surface area contributed by atoms with Crippen LogP contribution >= 0.6 is 31.9 Å². The lowest BCUT2D eigenvalue weighted by Gasteiger charge is -2.11. The van der Waals surface area contributed by atoms with Crippen LogP contribution in [0, 0.1) is 0 Å². The van der Waals surface area contributed by atoms with Crippen molar-refractivity contribution >= 4 is 38.1 Å². The number of aldehydes is 1. The lowest BCUT2D eigenvalue weighted by Crippen LogP contribution is -2.01. The van der Waals surface area contributed by atoms with Crippen LogP contribution in [-0.4, -0.2) is 12.9 Å². The Morgan fingerprint density at radius 3 is 2.30 bits per heavy atom. The first-order chi connectivity index (χ1) is 9.70. The Morgan fingerprint density at radius 2 is 1.70 bits per heavy atom. The standard InChI is InChI=1S/C16H14Br2O2/c17-14-9-13(11-19)10-15(18)16(14)20-8-4-7-12-5-2-1-3-6-12/h1-3,5-6,9-11H,4,7-8H2. The topological polar surface area (TPSA) is 26.3 Å². The van der Waals surface area contributed by atoms with Gasteiger partial charge in [0.2, 0.25) is 0 Å². The molecule has 0 N–H and O–H groups in total. The van der Waals surface area contributed by atoms with Gasteiger partial charge in [-0.15, -0.1) is 0 Å². The molecule has 0 aromatic heterocycles. The van der Waals surface area contributed by atoms with Crippen LogP contribution in [0.25, 0.3) is 0 Å². The van der Waals surface area contributed by atoms with Crippen LogP contribution < -0.4 is 4.74 Å². The molecule has 20 heavy (non-hydrogen) atoms. The lowest BCUT2D eigenvalue weighted by atomic mass is 10.1. The SMILES string of the molecule is O=Cc1cc(Br)c(OCCCc2ccccc2)c(Br)c1. The molecule has 0 aliphatic carbocycles. The number of aryl methyl sites for hydroxylation is 1. The average molecular weight is 398 g/mol. The van der Waals surface area contributed by atoms with Gasteiger partial charge in [-0.2, -0.15) is 0 Å². The Hall–Kier alpha value is -1.13. The molecule has 2 nitrogen and oxygen atoms in total. The lowest BCUT2D eigenvalue weighted by molar-refractivity contribution is 0.112. The molecular formula is C16H14Br2O2. The molecule has 0 heterocycles. The fraction of sp³-hybridized carbons (Fsp3) is 0.188. The maximum atomic E-state index is 10.8. The first-order valence-corrected chi connectivity index (χ1v) is 7.90. The van der Waals surface area contributed by atoms with Crippen LogP contribution in [0.1, 0.15) is 22.3 Å². The number of carbonyl (C=O) groups is 1. The maximum Gasteiger partial charge on any atom is 0.150 e. The third-order valence-corrected chi connectivity index (χ3v) is 4.03. The molecule has 4 heteroatoms. The van der Waals surface area contributed by atoms with E-state index in [9.17, 15) is 4.79 Å². The van der Waals surface area contributed by atoms with Gasteiger partial charge in [0.25, 0.3) is 0 Å². The second-order valence-electron chi connectivity index (χ2n) is 4.37. The van der Waals surface area contributed by atoms with E-state index in [1.165, 1.54) is 5.56 Å². The smallest absolute Gasteiger partial charge is 0.150 e. The average Bonchev–Trinajstić information content (AvgIpc) is 2.46. The number of benzene rings is 2. The minimum absolute atomic E-state index is 0.611. The van der Waals surface area contributed by atoms with Crippen molar-refractivity contribution in [2.24, 2.45) is 0 Å². The molecular weight excluding hydrogens is 384 g/mol. The van der Waals surface area contributed by atoms with Gasteiger partial charge < -0.3 is 4.74 Å². The summed E-state index contributed by atoms with van der Waals surface area (Å²) >= 11 is 6.84. The van der Waals surface area contributed by atoms with Crippen molar-refractivity contribution in [2.45, 2.75) is 12.8 Å². The van der Waals surface area contributed by atoms with E-state index in [1.807, 2.05) is 18.2 Å². The van der Waals surface area contributed by atoms with E-state index >= 15 is 0 Å². The molecule has 104 valence electrons. The predicted molar refractivity (Wildman–Crippen MR) is 87.5 cm³/mol. The fourth-order valence-electron chi connectivity index (χ4n) is 1.88. The molecule has 2 rings (SSSR count). The van der Waals surface area contributed by atoms with Crippen molar-refractivity contribution < 1.29 is 9.53 Å². The summed E-state index contributed by atoms with van der Waals surface area (Å²) in [6.45, 7) is 0.631. The normalized spacial score (nSPS) is 10.3. The first-order valence-electron chi connectivity index (χ1n) is 6.31. The van der Waals surface area contributed by atoms with Crippen molar-refractivity contribution in [1.29, 1.82) is 0 Å². The van der Waals surface area contributed by atoms with Crippen LogP contribution in [0.15, 0.2) is 51.4 Å².